The molecule has 1 aliphatic carbocycles. The lowest BCUT2D eigenvalue weighted by Crippen LogP contribution is -2.17. The highest BCUT2D eigenvalue weighted by Crippen LogP contribution is 2.27. The highest BCUT2D eigenvalue weighted by atomic mass is 35.5. The number of aromatic nitrogens is 2. The number of halogens is 1. The summed E-state index contributed by atoms with van der Waals surface area (Å²) in [7, 11) is 0. The molecule has 2 aromatic carbocycles. The first-order valence-corrected chi connectivity index (χ1v) is 9.79. The molecule has 1 aliphatic rings. The van der Waals surface area contributed by atoms with Crippen molar-refractivity contribution < 1.29 is 0 Å². The summed E-state index contributed by atoms with van der Waals surface area (Å²) in [6.45, 7) is 2.00. The lowest BCUT2D eigenvalue weighted by molar-refractivity contribution is 0.744. The van der Waals surface area contributed by atoms with E-state index in [1.54, 1.807) is 0 Å². The van der Waals surface area contributed by atoms with Gasteiger partial charge in [0.2, 0.25) is 5.95 Å². The Balaban J connectivity index is 1.67. The van der Waals surface area contributed by atoms with E-state index in [0.717, 1.165) is 33.3 Å². The maximum absolute atomic E-state index is 6.15. The molecule has 0 amide bonds. The smallest absolute Gasteiger partial charge is 0.225 e. The second-order valence-corrected chi connectivity index (χ2v) is 7.45. The first-order valence-electron chi connectivity index (χ1n) is 9.41. The number of rotatable bonds is 5. The fourth-order valence-electron chi connectivity index (χ4n) is 3.46. The van der Waals surface area contributed by atoms with Crippen molar-refractivity contribution in [3.63, 3.8) is 0 Å². The number of nitrogens with one attached hydrogen (secondary N) is 2. The zero-order chi connectivity index (χ0) is 18.6. The normalized spacial score (nSPS) is 14.3. The van der Waals surface area contributed by atoms with Gasteiger partial charge in [-0.05, 0) is 43.5 Å². The predicted octanol–water partition coefficient (Wildman–Crippen LogP) is 6.20. The second kappa shape index (κ2) is 7.97. The van der Waals surface area contributed by atoms with Crippen molar-refractivity contribution >= 4 is 29.1 Å². The van der Waals surface area contributed by atoms with E-state index < -0.39 is 0 Å². The quantitative estimate of drug-likeness (QED) is 0.554. The molecule has 4 nitrogen and oxygen atoms in total. The Bertz CT molecular complexity index is 921. The van der Waals surface area contributed by atoms with E-state index in [0.29, 0.717) is 12.0 Å². The zero-order valence-electron chi connectivity index (χ0n) is 15.4. The van der Waals surface area contributed by atoms with Crippen LogP contribution < -0.4 is 10.6 Å². The van der Waals surface area contributed by atoms with Crippen molar-refractivity contribution in [2.75, 3.05) is 10.6 Å². The Hall–Kier alpha value is -2.59. The van der Waals surface area contributed by atoms with E-state index in [1.807, 2.05) is 49.4 Å². The van der Waals surface area contributed by atoms with E-state index in [1.165, 1.54) is 25.7 Å². The highest BCUT2D eigenvalue weighted by molar-refractivity contribution is 6.31. The SMILES string of the molecule is Cc1cc(Nc2cc(-c3ccccc3)nc(NC3CCCC3)n2)ccc1Cl. The summed E-state index contributed by atoms with van der Waals surface area (Å²) in [5, 5.41) is 7.67. The lowest BCUT2D eigenvalue weighted by atomic mass is 10.1. The maximum atomic E-state index is 6.15. The van der Waals surface area contributed by atoms with Gasteiger partial charge in [0.15, 0.2) is 0 Å². The standard InChI is InChI=1S/C22H23ClN4/c1-15-13-18(11-12-19(15)23)24-21-14-20(16-7-3-2-4-8-16)26-22(27-21)25-17-9-5-6-10-17/h2-4,7-8,11-14,17H,5-6,9-10H2,1H3,(H2,24,25,26,27). The Morgan fingerprint density at radius 3 is 2.48 bits per heavy atom. The monoisotopic (exact) mass is 378 g/mol. The molecule has 0 spiro atoms. The minimum atomic E-state index is 0.460. The van der Waals surface area contributed by atoms with Gasteiger partial charge in [-0.25, -0.2) is 4.98 Å². The van der Waals surface area contributed by atoms with E-state index in [9.17, 15) is 0 Å². The molecule has 0 aliphatic heterocycles. The summed E-state index contributed by atoms with van der Waals surface area (Å²) in [6, 6.07) is 18.5. The Labute approximate surface area is 165 Å². The highest BCUT2D eigenvalue weighted by Gasteiger charge is 2.17. The molecule has 0 bridgehead atoms. The molecule has 138 valence electrons. The fourth-order valence-corrected chi connectivity index (χ4v) is 3.57. The zero-order valence-corrected chi connectivity index (χ0v) is 16.1. The average molecular weight is 379 g/mol. The Morgan fingerprint density at radius 2 is 1.74 bits per heavy atom. The molecule has 1 saturated carbocycles. The van der Waals surface area contributed by atoms with Crippen LogP contribution in [0.5, 0.6) is 0 Å². The van der Waals surface area contributed by atoms with Gasteiger partial charge in [-0.3, -0.25) is 0 Å². The van der Waals surface area contributed by atoms with Crippen LogP contribution in [0, 0.1) is 6.92 Å². The number of hydrogen-bond donors (Lipinski definition) is 2. The van der Waals surface area contributed by atoms with Gasteiger partial charge in [0.1, 0.15) is 5.82 Å². The van der Waals surface area contributed by atoms with Crippen molar-refractivity contribution in [1.82, 2.24) is 9.97 Å². The molecule has 2 N–H and O–H groups in total. The fraction of sp³-hybridized carbons (Fsp3) is 0.273. The number of hydrogen-bond acceptors (Lipinski definition) is 4. The first kappa shape index (κ1) is 17.8. The van der Waals surface area contributed by atoms with Gasteiger partial charge in [0.25, 0.3) is 0 Å². The molecular formula is C22H23ClN4. The topological polar surface area (TPSA) is 49.8 Å². The molecule has 0 radical (unpaired) electrons. The molecule has 0 unspecified atom stereocenters. The minimum absolute atomic E-state index is 0.460. The maximum Gasteiger partial charge on any atom is 0.225 e. The van der Waals surface area contributed by atoms with E-state index in [2.05, 4.69) is 22.8 Å². The van der Waals surface area contributed by atoms with Crippen LogP contribution in [0.25, 0.3) is 11.3 Å². The third-order valence-corrected chi connectivity index (χ3v) is 5.34. The van der Waals surface area contributed by atoms with Crippen molar-refractivity contribution in [2.45, 2.75) is 38.6 Å². The van der Waals surface area contributed by atoms with Gasteiger partial charge >= 0.3 is 0 Å². The van der Waals surface area contributed by atoms with Gasteiger partial charge in [0, 0.05) is 28.4 Å². The van der Waals surface area contributed by atoms with Crippen LogP contribution in [0.4, 0.5) is 17.5 Å². The van der Waals surface area contributed by atoms with Crippen LogP contribution in [0.2, 0.25) is 5.02 Å². The van der Waals surface area contributed by atoms with Gasteiger partial charge in [0.05, 0.1) is 5.69 Å². The molecule has 1 fully saturated rings. The number of aryl methyl sites for hydroxylation is 1. The molecule has 5 heteroatoms. The number of nitrogens with zero attached hydrogens (tertiary/aromatic N) is 2. The molecule has 0 atom stereocenters. The van der Waals surface area contributed by atoms with Crippen molar-refractivity contribution in [1.29, 1.82) is 0 Å². The van der Waals surface area contributed by atoms with E-state index in [4.69, 9.17) is 21.6 Å². The summed E-state index contributed by atoms with van der Waals surface area (Å²) in [5.41, 5.74) is 3.97. The summed E-state index contributed by atoms with van der Waals surface area (Å²) < 4.78 is 0. The third kappa shape index (κ3) is 4.40. The summed E-state index contributed by atoms with van der Waals surface area (Å²) in [5.74, 6) is 1.45. The van der Waals surface area contributed by atoms with Gasteiger partial charge in [-0.15, -0.1) is 0 Å². The van der Waals surface area contributed by atoms with Crippen molar-refractivity contribution in [3.05, 3.63) is 65.2 Å². The molecule has 3 aromatic rings. The first-order chi connectivity index (χ1) is 13.2. The van der Waals surface area contributed by atoms with Crippen LogP contribution in [0.1, 0.15) is 31.2 Å². The van der Waals surface area contributed by atoms with E-state index >= 15 is 0 Å². The molecule has 27 heavy (non-hydrogen) atoms. The van der Waals surface area contributed by atoms with E-state index in [-0.39, 0.29) is 0 Å². The lowest BCUT2D eigenvalue weighted by Gasteiger charge is -2.15. The van der Waals surface area contributed by atoms with Crippen molar-refractivity contribution in [2.24, 2.45) is 0 Å². The Kier molecular flexibility index (Phi) is 5.26. The Morgan fingerprint density at radius 1 is 0.963 bits per heavy atom. The molecule has 1 aromatic heterocycles. The summed E-state index contributed by atoms with van der Waals surface area (Å²) in [6.07, 6.45) is 4.90. The molecule has 4 rings (SSSR count). The third-order valence-electron chi connectivity index (χ3n) is 4.91. The molecule has 1 heterocycles. The van der Waals surface area contributed by atoms with Gasteiger partial charge < -0.3 is 10.6 Å². The largest absolute Gasteiger partial charge is 0.351 e. The molecule has 0 saturated heterocycles. The summed E-state index contributed by atoms with van der Waals surface area (Å²) in [4.78, 5) is 9.46. The van der Waals surface area contributed by atoms with Crippen LogP contribution in [0.3, 0.4) is 0 Å². The number of benzene rings is 2. The van der Waals surface area contributed by atoms with Crippen LogP contribution in [-0.4, -0.2) is 16.0 Å². The van der Waals surface area contributed by atoms with Crippen molar-refractivity contribution in [3.8, 4) is 11.3 Å². The van der Waals surface area contributed by atoms with Gasteiger partial charge in [-0.1, -0.05) is 54.8 Å². The molecular weight excluding hydrogens is 356 g/mol. The number of anilines is 3. The second-order valence-electron chi connectivity index (χ2n) is 7.04. The van der Waals surface area contributed by atoms with Crippen LogP contribution >= 0.6 is 11.6 Å². The summed E-state index contributed by atoms with van der Waals surface area (Å²) >= 11 is 6.15. The predicted molar refractivity (Wildman–Crippen MR) is 113 cm³/mol. The minimum Gasteiger partial charge on any atom is -0.351 e. The van der Waals surface area contributed by atoms with Crippen LogP contribution in [-0.2, 0) is 0 Å². The van der Waals surface area contributed by atoms with Gasteiger partial charge in [-0.2, -0.15) is 4.98 Å². The van der Waals surface area contributed by atoms with Crippen LogP contribution in [0.15, 0.2) is 54.6 Å². The average Bonchev–Trinajstić information content (AvgIpc) is 3.18.